The maximum atomic E-state index is 2.98. The molecule has 19 heavy (non-hydrogen) atoms. The third-order valence-corrected chi connectivity index (χ3v) is 3.34. The van der Waals surface area contributed by atoms with Crippen LogP contribution in [0.25, 0.3) is 5.57 Å². The molecule has 1 nitrogen and oxygen atoms in total. The van der Waals surface area contributed by atoms with Gasteiger partial charge in [-0.1, -0.05) is 48.6 Å². The zero-order chi connectivity index (χ0) is 13.5. The lowest BCUT2D eigenvalue weighted by atomic mass is 9.97. The van der Waals surface area contributed by atoms with E-state index in [-0.39, 0.29) is 0 Å². The van der Waals surface area contributed by atoms with Gasteiger partial charge in [0, 0.05) is 7.05 Å². The second-order valence-corrected chi connectivity index (χ2v) is 4.75. The van der Waals surface area contributed by atoms with Crippen molar-refractivity contribution >= 4 is 5.57 Å². The van der Waals surface area contributed by atoms with Crippen LogP contribution in [-0.2, 0) is 6.42 Å². The van der Waals surface area contributed by atoms with Crippen LogP contribution in [0.15, 0.2) is 60.9 Å². The molecule has 0 unspecified atom stereocenters. The third-order valence-electron chi connectivity index (χ3n) is 3.34. The Morgan fingerprint density at radius 1 is 1.26 bits per heavy atom. The largest absolute Gasteiger partial charge is 0.394 e. The van der Waals surface area contributed by atoms with Crippen molar-refractivity contribution in [1.82, 2.24) is 5.32 Å². The average Bonchev–Trinajstić information content (AvgIpc) is 2.94. The molecule has 2 rings (SSSR count). The van der Waals surface area contributed by atoms with Crippen molar-refractivity contribution in [3.05, 3.63) is 77.5 Å². The Morgan fingerprint density at radius 3 is 2.89 bits per heavy atom. The normalized spacial score (nSPS) is 14.5. The van der Waals surface area contributed by atoms with Crippen LogP contribution in [0.3, 0.4) is 0 Å². The van der Waals surface area contributed by atoms with Crippen LogP contribution < -0.4 is 5.32 Å². The van der Waals surface area contributed by atoms with Crippen LogP contribution in [0.1, 0.15) is 23.1 Å². The summed E-state index contributed by atoms with van der Waals surface area (Å²) >= 11 is 0. The molecule has 0 heterocycles. The van der Waals surface area contributed by atoms with Gasteiger partial charge in [0.15, 0.2) is 0 Å². The molecule has 0 atom stereocenters. The molecule has 0 aliphatic heterocycles. The van der Waals surface area contributed by atoms with Gasteiger partial charge >= 0.3 is 0 Å². The predicted octanol–water partition coefficient (Wildman–Crippen LogP) is 4.17. The van der Waals surface area contributed by atoms with Gasteiger partial charge in [0.2, 0.25) is 0 Å². The van der Waals surface area contributed by atoms with E-state index in [1.165, 1.54) is 22.3 Å². The Morgan fingerprint density at radius 2 is 2.16 bits per heavy atom. The van der Waals surface area contributed by atoms with Gasteiger partial charge in [0.25, 0.3) is 0 Å². The lowest BCUT2D eigenvalue weighted by Gasteiger charge is -2.08. The van der Waals surface area contributed by atoms with Crippen molar-refractivity contribution in [3.8, 4) is 0 Å². The average molecular weight is 251 g/mol. The Labute approximate surface area is 116 Å². The number of aryl methyl sites for hydroxylation is 1. The summed E-state index contributed by atoms with van der Waals surface area (Å²) in [5, 5.41) is 2.98. The van der Waals surface area contributed by atoms with Crippen molar-refractivity contribution in [2.24, 2.45) is 0 Å². The van der Waals surface area contributed by atoms with E-state index < -0.39 is 0 Å². The Bertz CT molecular complexity index is 545. The third kappa shape index (κ3) is 3.72. The van der Waals surface area contributed by atoms with Crippen molar-refractivity contribution in [2.75, 3.05) is 7.05 Å². The van der Waals surface area contributed by atoms with Crippen LogP contribution in [0.2, 0.25) is 0 Å². The minimum Gasteiger partial charge on any atom is -0.394 e. The highest BCUT2D eigenvalue weighted by Crippen LogP contribution is 2.25. The highest BCUT2D eigenvalue weighted by Gasteiger charge is 2.05. The number of benzene rings is 1. The SMILES string of the molecule is CN/C=C\C=C/Cc1cc(C2=CC=CC2)ccc1C. The highest BCUT2D eigenvalue weighted by atomic mass is 14.8. The van der Waals surface area contributed by atoms with E-state index in [0.29, 0.717) is 0 Å². The monoisotopic (exact) mass is 251 g/mol. The maximum Gasteiger partial charge on any atom is 0.00277 e. The second kappa shape index (κ2) is 6.79. The summed E-state index contributed by atoms with van der Waals surface area (Å²) < 4.78 is 0. The molecule has 1 aromatic rings. The molecule has 0 saturated carbocycles. The lowest BCUT2D eigenvalue weighted by molar-refractivity contribution is 1.10. The summed E-state index contributed by atoms with van der Waals surface area (Å²) in [5.74, 6) is 0. The zero-order valence-electron chi connectivity index (χ0n) is 11.7. The molecule has 0 spiro atoms. The highest BCUT2D eigenvalue weighted by molar-refractivity contribution is 5.71. The first-order valence-electron chi connectivity index (χ1n) is 6.76. The van der Waals surface area contributed by atoms with E-state index in [4.69, 9.17) is 0 Å². The second-order valence-electron chi connectivity index (χ2n) is 4.75. The van der Waals surface area contributed by atoms with Crippen LogP contribution in [0.5, 0.6) is 0 Å². The molecule has 0 amide bonds. The maximum absolute atomic E-state index is 2.98. The fraction of sp³-hybridized carbons (Fsp3) is 0.222. The molecule has 1 aliphatic rings. The molecule has 0 radical (unpaired) electrons. The molecule has 0 bridgehead atoms. The van der Waals surface area contributed by atoms with Gasteiger partial charge < -0.3 is 5.32 Å². The molecule has 1 heteroatoms. The molecule has 0 fully saturated rings. The number of hydrogen-bond acceptors (Lipinski definition) is 1. The molecular formula is C18H21N. The standard InChI is InChI=1S/C18H21N/c1-15-11-12-18(16-8-5-6-9-16)14-17(15)10-4-3-7-13-19-2/h3-8,11-14,19H,9-10H2,1-2H3/b4-3-,13-7-. The molecule has 0 aromatic heterocycles. The van der Waals surface area contributed by atoms with Crippen molar-refractivity contribution in [1.29, 1.82) is 0 Å². The van der Waals surface area contributed by atoms with Gasteiger partial charge in [0.05, 0.1) is 0 Å². The molecule has 98 valence electrons. The number of allylic oxidation sites excluding steroid dienone is 7. The molecule has 1 aliphatic carbocycles. The Balaban J connectivity index is 2.09. The number of rotatable bonds is 5. The van der Waals surface area contributed by atoms with Crippen LogP contribution >= 0.6 is 0 Å². The van der Waals surface area contributed by atoms with Gasteiger partial charge in [-0.3, -0.25) is 0 Å². The first kappa shape index (κ1) is 13.4. The van der Waals surface area contributed by atoms with E-state index in [1.807, 2.05) is 19.3 Å². The molecular weight excluding hydrogens is 230 g/mol. The molecule has 1 aromatic carbocycles. The summed E-state index contributed by atoms with van der Waals surface area (Å²) in [6.45, 7) is 2.18. The van der Waals surface area contributed by atoms with E-state index in [2.05, 4.69) is 60.8 Å². The quantitative estimate of drug-likeness (QED) is 0.774. The van der Waals surface area contributed by atoms with E-state index in [9.17, 15) is 0 Å². The summed E-state index contributed by atoms with van der Waals surface area (Å²) in [6, 6.07) is 6.77. The van der Waals surface area contributed by atoms with Crippen LogP contribution in [0, 0.1) is 6.92 Å². The minimum absolute atomic E-state index is 0.981. The van der Waals surface area contributed by atoms with Gasteiger partial charge in [-0.25, -0.2) is 0 Å². The van der Waals surface area contributed by atoms with Gasteiger partial charge in [-0.05, 0) is 54.3 Å². The van der Waals surface area contributed by atoms with Crippen molar-refractivity contribution in [2.45, 2.75) is 19.8 Å². The van der Waals surface area contributed by atoms with Gasteiger partial charge in [-0.15, -0.1) is 0 Å². The molecule has 1 N–H and O–H groups in total. The van der Waals surface area contributed by atoms with E-state index in [1.54, 1.807) is 0 Å². The first-order chi connectivity index (χ1) is 9.31. The van der Waals surface area contributed by atoms with Gasteiger partial charge in [0.1, 0.15) is 0 Å². The van der Waals surface area contributed by atoms with Crippen molar-refractivity contribution < 1.29 is 0 Å². The summed E-state index contributed by atoms with van der Waals surface area (Å²) in [4.78, 5) is 0. The minimum atomic E-state index is 0.981. The topological polar surface area (TPSA) is 12.0 Å². The zero-order valence-corrected chi connectivity index (χ0v) is 11.7. The van der Waals surface area contributed by atoms with Crippen LogP contribution in [-0.4, -0.2) is 7.05 Å². The number of hydrogen-bond donors (Lipinski definition) is 1. The lowest BCUT2D eigenvalue weighted by Crippen LogP contribution is -1.91. The van der Waals surface area contributed by atoms with E-state index >= 15 is 0 Å². The summed E-state index contributed by atoms with van der Waals surface area (Å²) in [6.07, 6.45) is 16.8. The fourth-order valence-electron chi connectivity index (χ4n) is 2.18. The Kier molecular flexibility index (Phi) is 4.79. The van der Waals surface area contributed by atoms with Gasteiger partial charge in [-0.2, -0.15) is 0 Å². The van der Waals surface area contributed by atoms with Crippen LogP contribution in [0.4, 0.5) is 0 Å². The first-order valence-corrected chi connectivity index (χ1v) is 6.76. The summed E-state index contributed by atoms with van der Waals surface area (Å²) in [5.41, 5.74) is 5.53. The Hall–Kier alpha value is -2.02. The van der Waals surface area contributed by atoms with Crippen molar-refractivity contribution in [3.63, 3.8) is 0 Å². The fourth-order valence-corrected chi connectivity index (χ4v) is 2.18. The predicted molar refractivity (Wildman–Crippen MR) is 84.0 cm³/mol. The number of nitrogens with one attached hydrogen (secondary N) is 1. The summed E-state index contributed by atoms with van der Waals surface area (Å²) in [7, 11) is 1.90. The van der Waals surface area contributed by atoms with E-state index in [0.717, 1.165) is 12.8 Å². The smallest absolute Gasteiger partial charge is 0.00277 e. The molecule has 0 saturated heterocycles.